The van der Waals surface area contributed by atoms with Crippen molar-refractivity contribution in [2.75, 3.05) is 32.8 Å². The normalized spacial score (nSPS) is 17.3. The fourth-order valence-corrected chi connectivity index (χ4v) is 4.54. The first kappa shape index (κ1) is 21.0. The number of ether oxygens (including phenoxy) is 1. The van der Waals surface area contributed by atoms with Gasteiger partial charge >= 0.3 is 0 Å². The largest absolute Gasteiger partial charge is 0.379 e. The molecule has 5 nitrogen and oxygen atoms in total. The number of morpholine rings is 1. The number of carbonyl (C=O) groups is 1. The Bertz CT molecular complexity index is 797. The fourth-order valence-electron chi connectivity index (χ4n) is 3.59. The Hall–Kier alpha value is -1.76. The summed E-state index contributed by atoms with van der Waals surface area (Å²) >= 11 is 1.61. The predicted octanol–water partition coefficient (Wildman–Crippen LogP) is 3.59. The average molecular weight is 402 g/mol. The Morgan fingerprint density at radius 2 is 1.93 bits per heavy atom. The number of rotatable bonds is 7. The third kappa shape index (κ3) is 4.99. The Labute approximate surface area is 172 Å². The number of hydrogen-bond acceptors (Lipinski definition) is 5. The first-order valence-corrected chi connectivity index (χ1v) is 10.9. The Morgan fingerprint density at radius 1 is 1.25 bits per heavy atom. The highest BCUT2D eigenvalue weighted by Gasteiger charge is 2.31. The predicted molar refractivity (Wildman–Crippen MR) is 115 cm³/mol. The minimum Gasteiger partial charge on any atom is -0.379 e. The highest BCUT2D eigenvalue weighted by atomic mass is 32.1. The molecule has 0 bridgehead atoms. The summed E-state index contributed by atoms with van der Waals surface area (Å²) < 4.78 is 5.47. The van der Waals surface area contributed by atoms with Crippen LogP contribution in [0.2, 0.25) is 0 Å². The number of thiazole rings is 1. The molecular weight excluding hydrogens is 370 g/mol. The van der Waals surface area contributed by atoms with Crippen LogP contribution in [-0.2, 0) is 16.0 Å². The molecule has 0 spiro atoms. The zero-order valence-electron chi connectivity index (χ0n) is 17.4. The van der Waals surface area contributed by atoms with Crippen molar-refractivity contribution >= 4 is 17.2 Å². The third-order valence-corrected chi connectivity index (χ3v) is 6.62. The quantitative estimate of drug-likeness (QED) is 0.770. The van der Waals surface area contributed by atoms with Crippen LogP contribution < -0.4 is 5.32 Å². The molecular formula is C22H31N3O2S. The van der Waals surface area contributed by atoms with Crippen molar-refractivity contribution in [1.29, 1.82) is 0 Å². The molecule has 3 rings (SSSR count). The fraction of sp³-hybridized carbons (Fsp3) is 0.545. The van der Waals surface area contributed by atoms with Crippen LogP contribution in [0.5, 0.6) is 0 Å². The highest BCUT2D eigenvalue weighted by molar-refractivity contribution is 7.12. The van der Waals surface area contributed by atoms with E-state index in [9.17, 15) is 4.79 Å². The molecule has 1 aliphatic rings. The van der Waals surface area contributed by atoms with Gasteiger partial charge in [0.1, 0.15) is 0 Å². The molecule has 0 aliphatic carbocycles. The zero-order chi connectivity index (χ0) is 20.1. The van der Waals surface area contributed by atoms with Gasteiger partial charge in [0.2, 0.25) is 5.91 Å². The molecule has 2 heterocycles. The first-order chi connectivity index (χ1) is 13.4. The molecule has 1 saturated heterocycles. The summed E-state index contributed by atoms with van der Waals surface area (Å²) in [7, 11) is 0. The molecule has 6 heteroatoms. The summed E-state index contributed by atoms with van der Waals surface area (Å²) in [5.74, 6) is 0.0601. The highest BCUT2D eigenvalue weighted by Crippen LogP contribution is 2.29. The van der Waals surface area contributed by atoms with Gasteiger partial charge in [-0.2, -0.15) is 0 Å². The van der Waals surface area contributed by atoms with Gasteiger partial charge in [-0.3, -0.25) is 9.69 Å². The van der Waals surface area contributed by atoms with Gasteiger partial charge in [-0.15, -0.1) is 11.3 Å². The van der Waals surface area contributed by atoms with E-state index in [1.54, 1.807) is 11.3 Å². The molecule has 1 fully saturated rings. The van der Waals surface area contributed by atoms with E-state index in [1.807, 2.05) is 6.92 Å². The second kappa shape index (κ2) is 9.16. The van der Waals surface area contributed by atoms with E-state index in [4.69, 9.17) is 4.74 Å². The van der Waals surface area contributed by atoms with Crippen molar-refractivity contribution in [1.82, 2.24) is 15.2 Å². The maximum absolute atomic E-state index is 12.7. The molecule has 1 atom stereocenters. The summed E-state index contributed by atoms with van der Waals surface area (Å²) in [6.45, 7) is 12.5. The summed E-state index contributed by atoms with van der Waals surface area (Å²) in [6.07, 6.45) is 1.36. The maximum Gasteiger partial charge on any atom is 0.225 e. The minimum atomic E-state index is -0.0388. The van der Waals surface area contributed by atoms with Crippen LogP contribution in [0.25, 0.3) is 11.3 Å². The lowest BCUT2D eigenvalue weighted by atomic mass is 9.95. The molecule has 1 aromatic heterocycles. The van der Waals surface area contributed by atoms with Crippen molar-refractivity contribution in [3.8, 4) is 11.3 Å². The van der Waals surface area contributed by atoms with E-state index >= 15 is 0 Å². The molecule has 1 N–H and O–H groups in total. The minimum absolute atomic E-state index is 0.0388. The summed E-state index contributed by atoms with van der Waals surface area (Å²) in [4.78, 5) is 20.9. The van der Waals surface area contributed by atoms with Gasteiger partial charge < -0.3 is 10.1 Å². The lowest BCUT2D eigenvalue weighted by Crippen LogP contribution is -2.57. The second-order valence-electron chi connectivity index (χ2n) is 7.77. The van der Waals surface area contributed by atoms with E-state index < -0.39 is 0 Å². The molecule has 1 aliphatic heterocycles. The number of amides is 1. The molecule has 1 unspecified atom stereocenters. The number of hydrogen-bond donors (Lipinski definition) is 1. The Balaban J connectivity index is 1.65. The van der Waals surface area contributed by atoms with Crippen molar-refractivity contribution in [2.45, 2.75) is 46.1 Å². The second-order valence-corrected chi connectivity index (χ2v) is 9.06. The number of nitrogens with one attached hydrogen (secondary N) is 1. The van der Waals surface area contributed by atoms with Gasteiger partial charge in [-0.1, -0.05) is 36.8 Å². The van der Waals surface area contributed by atoms with E-state index in [0.29, 0.717) is 13.0 Å². The first-order valence-electron chi connectivity index (χ1n) is 10.0. The smallest absolute Gasteiger partial charge is 0.225 e. The van der Waals surface area contributed by atoms with Crippen LogP contribution in [-0.4, -0.2) is 54.2 Å². The van der Waals surface area contributed by atoms with E-state index in [1.165, 1.54) is 5.56 Å². The number of benzene rings is 1. The van der Waals surface area contributed by atoms with Gasteiger partial charge in [-0.25, -0.2) is 4.98 Å². The molecule has 2 aromatic rings. The average Bonchev–Trinajstić information content (AvgIpc) is 3.07. The van der Waals surface area contributed by atoms with Crippen LogP contribution >= 0.6 is 11.3 Å². The lowest BCUT2D eigenvalue weighted by Gasteiger charge is -2.43. The van der Waals surface area contributed by atoms with Crippen molar-refractivity contribution < 1.29 is 9.53 Å². The van der Waals surface area contributed by atoms with Crippen LogP contribution in [0.1, 0.15) is 35.7 Å². The molecule has 1 amide bonds. The summed E-state index contributed by atoms with van der Waals surface area (Å²) in [6, 6.07) is 8.33. The van der Waals surface area contributed by atoms with Crippen LogP contribution in [0.3, 0.4) is 0 Å². The third-order valence-electron chi connectivity index (χ3n) is 5.65. The molecule has 0 radical (unpaired) electrons. The van der Waals surface area contributed by atoms with Crippen LogP contribution in [0, 0.1) is 13.8 Å². The molecule has 0 saturated carbocycles. The van der Waals surface area contributed by atoms with Gasteiger partial charge in [-0.05, 0) is 27.2 Å². The lowest BCUT2D eigenvalue weighted by molar-refractivity contribution is -0.121. The van der Waals surface area contributed by atoms with Crippen LogP contribution in [0.15, 0.2) is 24.3 Å². The van der Waals surface area contributed by atoms with E-state index in [2.05, 4.69) is 60.2 Å². The van der Waals surface area contributed by atoms with Crippen molar-refractivity contribution in [3.63, 3.8) is 0 Å². The summed E-state index contributed by atoms with van der Waals surface area (Å²) in [5.41, 5.74) is 3.19. The van der Waals surface area contributed by atoms with Gasteiger partial charge in [0.15, 0.2) is 0 Å². The van der Waals surface area contributed by atoms with Crippen LogP contribution in [0.4, 0.5) is 0 Å². The maximum atomic E-state index is 12.7. The SMILES string of the molecule is CCC(C)(CNC(=O)Cc1sc(C)nc1-c1ccc(C)cc1)N1CCOCC1. The topological polar surface area (TPSA) is 54.5 Å². The monoisotopic (exact) mass is 401 g/mol. The van der Waals surface area contributed by atoms with Gasteiger partial charge in [0.25, 0.3) is 0 Å². The zero-order valence-corrected chi connectivity index (χ0v) is 18.2. The van der Waals surface area contributed by atoms with Gasteiger partial charge in [0.05, 0.1) is 30.3 Å². The number of aryl methyl sites for hydroxylation is 2. The molecule has 28 heavy (non-hydrogen) atoms. The molecule has 152 valence electrons. The summed E-state index contributed by atoms with van der Waals surface area (Å²) in [5, 5.41) is 4.17. The van der Waals surface area contributed by atoms with E-state index in [-0.39, 0.29) is 11.4 Å². The Kier molecular flexibility index (Phi) is 6.86. The van der Waals surface area contributed by atoms with Crippen molar-refractivity contribution in [3.05, 3.63) is 39.7 Å². The molecule has 1 aromatic carbocycles. The number of aromatic nitrogens is 1. The van der Waals surface area contributed by atoms with E-state index in [0.717, 1.165) is 53.9 Å². The standard InChI is InChI=1S/C22H31N3O2S/c1-5-22(4,25-10-12-27-13-11-25)15-23-20(26)14-19-21(24-17(3)28-19)18-8-6-16(2)7-9-18/h6-9H,5,10-15H2,1-4H3,(H,23,26). The number of nitrogens with zero attached hydrogens (tertiary/aromatic N) is 2. The van der Waals surface area contributed by atoms with Crippen molar-refractivity contribution in [2.24, 2.45) is 0 Å². The number of carbonyl (C=O) groups excluding carboxylic acids is 1. The Morgan fingerprint density at radius 3 is 2.57 bits per heavy atom. The van der Waals surface area contributed by atoms with Gasteiger partial charge in [0, 0.05) is 35.6 Å².